The lowest BCUT2D eigenvalue weighted by Gasteiger charge is -2.13. The van der Waals surface area contributed by atoms with E-state index in [0.29, 0.717) is 11.1 Å². The fraction of sp³-hybridized carbons (Fsp3) is 0.200. The molecule has 3 rings (SSSR count). The van der Waals surface area contributed by atoms with E-state index in [1.807, 2.05) is 0 Å². The summed E-state index contributed by atoms with van der Waals surface area (Å²) < 4.78 is 41.6. The molecule has 0 aliphatic rings. The summed E-state index contributed by atoms with van der Waals surface area (Å²) in [5, 5.41) is 26.0. The maximum Gasteiger partial charge on any atom is 0.573 e. The van der Waals surface area contributed by atoms with Gasteiger partial charge in [-0.2, -0.15) is 4.98 Å². The van der Waals surface area contributed by atoms with E-state index in [9.17, 15) is 23.3 Å². The van der Waals surface area contributed by atoms with Crippen LogP contribution in [0.1, 0.15) is 5.56 Å². The number of nitrogens with zero attached hydrogens (tertiary/aromatic N) is 3. The molecule has 0 spiro atoms. The molecular formula is C20H18F3N5O4. The lowest BCUT2D eigenvalue weighted by atomic mass is 10.1. The number of rotatable bonds is 9. The average molecular weight is 449 g/mol. The van der Waals surface area contributed by atoms with E-state index in [0.717, 1.165) is 6.07 Å². The fourth-order valence-electron chi connectivity index (χ4n) is 2.81. The molecule has 0 bridgehead atoms. The Morgan fingerprint density at radius 1 is 1.06 bits per heavy atom. The van der Waals surface area contributed by atoms with E-state index >= 15 is 0 Å². The molecule has 0 unspecified atom stereocenters. The summed E-state index contributed by atoms with van der Waals surface area (Å²) in [6.45, 7) is 0.0238. The van der Waals surface area contributed by atoms with Crippen LogP contribution < -0.4 is 15.4 Å². The zero-order chi connectivity index (χ0) is 23.1. The molecule has 0 saturated carbocycles. The summed E-state index contributed by atoms with van der Waals surface area (Å²) in [4.78, 5) is 19.2. The molecule has 3 N–H and O–H groups in total. The number of aromatic nitrogens is 2. The van der Waals surface area contributed by atoms with Gasteiger partial charge in [0, 0.05) is 36.3 Å². The van der Waals surface area contributed by atoms with Crippen molar-refractivity contribution in [2.75, 3.05) is 23.8 Å². The Labute approximate surface area is 180 Å². The number of halogens is 3. The molecule has 12 heteroatoms. The third-order valence-electron chi connectivity index (χ3n) is 4.13. The molecule has 3 aromatic rings. The van der Waals surface area contributed by atoms with Crippen molar-refractivity contribution in [3.63, 3.8) is 0 Å². The zero-order valence-electron chi connectivity index (χ0n) is 16.5. The van der Waals surface area contributed by atoms with Gasteiger partial charge in [0.15, 0.2) is 0 Å². The third kappa shape index (κ3) is 6.28. The van der Waals surface area contributed by atoms with Crippen LogP contribution in [0.25, 0.3) is 11.3 Å². The van der Waals surface area contributed by atoms with Gasteiger partial charge >= 0.3 is 6.36 Å². The van der Waals surface area contributed by atoms with Gasteiger partial charge in [-0.25, -0.2) is 4.98 Å². The highest BCUT2D eigenvalue weighted by molar-refractivity contribution is 5.66. The first-order valence-corrected chi connectivity index (χ1v) is 9.31. The monoisotopic (exact) mass is 449 g/mol. The summed E-state index contributed by atoms with van der Waals surface area (Å²) in [6, 6.07) is 13.0. The number of aliphatic hydroxyl groups excluding tert-OH is 1. The Morgan fingerprint density at radius 2 is 1.84 bits per heavy atom. The van der Waals surface area contributed by atoms with Crippen molar-refractivity contribution in [1.82, 2.24) is 9.97 Å². The predicted octanol–water partition coefficient (Wildman–Crippen LogP) is 3.97. The lowest BCUT2D eigenvalue weighted by Crippen LogP contribution is -2.17. The van der Waals surface area contributed by atoms with Crippen LogP contribution in [0.15, 0.2) is 54.6 Å². The number of para-hydroxylation sites is 1. The highest BCUT2D eigenvalue weighted by Crippen LogP contribution is 2.29. The topological polar surface area (TPSA) is 122 Å². The first kappa shape index (κ1) is 22.7. The molecule has 1 aromatic heterocycles. The number of nitro groups is 1. The predicted molar refractivity (Wildman–Crippen MR) is 110 cm³/mol. The van der Waals surface area contributed by atoms with E-state index in [1.165, 1.54) is 24.3 Å². The third-order valence-corrected chi connectivity index (χ3v) is 4.13. The number of hydrogen-bond donors (Lipinski definition) is 3. The molecule has 0 aliphatic carbocycles. The van der Waals surface area contributed by atoms with Gasteiger partial charge in [0.05, 0.1) is 17.2 Å². The van der Waals surface area contributed by atoms with E-state index in [-0.39, 0.29) is 42.8 Å². The molecule has 0 radical (unpaired) electrons. The first-order valence-electron chi connectivity index (χ1n) is 9.31. The summed E-state index contributed by atoms with van der Waals surface area (Å²) in [6.07, 6.45) is -4.84. The second-order valence-electron chi connectivity index (χ2n) is 6.43. The Hall–Kier alpha value is -3.93. The van der Waals surface area contributed by atoms with Crippen LogP contribution in [-0.2, 0) is 6.54 Å². The zero-order valence-corrected chi connectivity index (χ0v) is 16.5. The van der Waals surface area contributed by atoms with Gasteiger partial charge in [0.25, 0.3) is 5.69 Å². The normalized spacial score (nSPS) is 11.1. The number of alkyl halides is 3. The number of aliphatic hydroxyl groups is 1. The van der Waals surface area contributed by atoms with Gasteiger partial charge in [0.1, 0.15) is 11.6 Å². The molecule has 2 aromatic carbocycles. The quantitative estimate of drug-likeness (QED) is 0.331. The van der Waals surface area contributed by atoms with Crippen molar-refractivity contribution < 1.29 is 27.9 Å². The molecule has 0 atom stereocenters. The van der Waals surface area contributed by atoms with Gasteiger partial charge in [-0.1, -0.05) is 30.3 Å². The van der Waals surface area contributed by atoms with Gasteiger partial charge < -0.3 is 20.5 Å². The van der Waals surface area contributed by atoms with E-state index < -0.39 is 17.0 Å². The second-order valence-corrected chi connectivity index (χ2v) is 6.43. The van der Waals surface area contributed by atoms with Crippen molar-refractivity contribution in [2.45, 2.75) is 12.9 Å². The van der Waals surface area contributed by atoms with Gasteiger partial charge in [-0.05, 0) is 12.1 Å². The van der Waals surface area contributed by atoms with Gasteiger partial charge in [0.2, 0.25) is 5.95 Å². The van der Waals surface area contributed by atoms with Crippen LogP contribution in [0.5, 0.6) is 5.75 Å². The van der Waals surface area contributed by atoms with E-state index in [2.05, 4.69) is 25.3 Å². The number of benzene rings is 2. The van der Waals surface area contributed by atoms with Crippen LogP contribution in [0.3, 0.4) is 0 Å². The van der Waals surface area contributed by atoms with Crippen molar-refractivity contribution >= 4 is 17.5 Å². The Bertz CT molecular complexity index is 1090. The maximum absolute atomic E-state index is 12.6. The van der Waals surface area contributed by atoms with Crippen LogP contribution in [0, 0.1) is 10.1 Å². The summed E-state index contributed by atoms with van der Waals surface area (Å²) in [5.74, 6) is -0.0209. The highest BCUT2D eigenvalue weighted by Gasteiger charge is 2.31. The number of nitro benzene ring substituents is 1. The standard InChI is InChI=1S/C20H18F3N5O4/c21-20(22,23)32-15-6-3-5-13(10-15)16-11-18(27-19(26-16)24-8-9-29)25-12-14-4-1-2-7-17(14)28(30)31/h1-7,10-11,29H,8-9,12H2,(H2,24,25,26,27). The molecule has 1 heterocycles. The van der Waals surface area contributed by atoms with Crippen LogP contribution in [0.2, 0.25) is 0 Å². The minimum Gasteiger partial charge on any atom is -0.406 e. The van der Waals surface area contributed by atoms with Gasteiger partial charge in [-0.15, -0.1) is 13.2 Å². The minimum atomic E-state index is -4.84. The molecule has 0 aliphatic heterocycles. The van der Waals surface area contributed by atoms with Crippen molar-refractivity contribution in [3.05, 3.63) is 70.3 Å². The smallest absolute Gasteiger partial charge is 0.406 e. The SMILES string of the molecule is O=[N+]([O-])c1ccccc1CNc1cc(-c2cccc(OC(F)(F)F)c2)nc(NCCO)n1. The molecule has 0 fully saturated rings. The summed E-state index contributed by atoms with van der Waals surface area (Å²) in [5.41, 5.74) is 0.959. The number of anilines is 2. The van der Waals surface area contributed by atoms with E-state index in [4.69, 9.17) is 5.11 Å². The number of nitrogens with one attached hydrogen (secondary N) is 2. The Morgan fingerprint density at radius 3 is 2.56 bits per heavy atom. The molecular weight excluding hydrogens is 431 g/mol. The minimum absolute atomic E-state index is 0.0649. The van der Waals surface area contributed by atoms with Crippen LogP contribution in [0.4, 0.5) is 30.6 Å². The van der Waals surface area contributed by atoms with Crippen molar-refractivity contribution in [1.29, 1.82) is 0 Å². The molecule has 0 saturated heterocycles. The molecule has 0 amide bonds. The van der Waals surface area contributed by atoms with E-state index in [1.54, 1.807) is 24.3 Å². The van der Waals surface area contributed by atoms with Gasteiger partial charge in [-0.3, -0.25) is 10.1 Å². The molecule has 9 nitrogen and oxygen atoms in total. The number of hydrogen-bond acceptors (Lipinski definition) is 8. The average Bonchev–Trinajstić information content (AvgIpc) is 2.75. The number of ether oxygens (including phenoxy) is 1. The Balaban J connectivity index is 1.90. The molecule has 168 valence electrons. The largest absolute Gasteiger partial charge is 0.573 e. The highest BCUT2D eigenvalue weighted by atomic mass is 19.4. The van der Waals surface area contributed by atoms with Crippen molar-refractivity contribution in [2.24, 2.45) is 0 Å². The lowest BCUT2D eigenvalue weighted by molar-refractivity contribution is -0.385. The molecule has 32 heavy (non-hydrogen) atoms. The maximum atomic E-state index is 12.6. The summed E-state index contributed by atoms with van der Waals surface area (Å²) >= 11 is 0. The fourth-order valence-corrected chi connectivity index (χ4v) is 2.81. The van der Waals surface area contributed by atoms with Crippen LogP contribution in [-0.4, -0.2) is 39.5 Å². The van der Waals surface area contributed by atoms with Crippen LogP contribution >= 0.6 is 0 Å². The summed E-state index contributed by atoms with van der Waals surface area (Å²) in [7, 11) is 0. The van der Waals surface area contributed by atoms with Crippen molar-refractivity contribution in [3.8, 4) is 17.0 Å². The first-order chi connectivity index (χ1) is 15.2. The second kappa shape index (κ2) is 9.92. The Kier molecular flexibility index (Phi) is 7.05.